The van der Waals surface area contributed by atoms with Crippen molar-refractivity contribution in [2.75, 3.05) is 32.6 Å². The lowest BCUT2D eigenvalue weighted by Gasteiger charge is -2.21. The number of nitrogens with zero attached hydrogens (tertiary/aromatic N) is 1. The molecule has 2 rings (SSSR count). The average Bonchev–Trinajstić information content (AvgIpc) is 2.72. The number of likely N-dealkylation sites (N-methyl/N-ethyl adjacent to an activating group) is 1. The quantitative estimate of drug-likeness (QED) is 0.604. The summed E-state index contributed by atoms with van der Waals surface area (Å²) in [6, 6.07) is 6.96. The summed E-state index contributed by atoms with van der Waals surface area (Å²) in [6.07, 6.45) is 8.62. The summed E-state index contributed by atoms with van der Waals surface area (Å²) in [7, 11) is 3.05. The lowest BCUT2D eigenvalue weighted by Crippen LogP contribution is -2.37. The Morgan fingerprint density at radius 1 is 1.17 bits per heavy atom. The zero-order chi connectivity index (χ0) is 21.1. The van der Waals surface area contributed by atoms with Gasteiger partial charge in [-0.15, -0.1) is 0 Å². The highest BCUT2D eigenvalue weighted by Gasteiger charge is 2.17. The minimum Gasteiger partial charge on any atom is -0.497 e. The molecule has 2 amide bonds. The van der Waals surface area contributed by atoms with E-state index in [0.717, 1.165) is 18.8 Å². The molecule has 7 heteroatoms. The molecule has 0 aromatic heterocycles. The molecule has 29 heavy (non-hydrogen) atoms. The maximum Gasteiger partial charge on any atom is 0.306 e. The number of carbonyl (C=O) groups is 3. The van der Waals surface area contributed by atoms with Crippen LogP contribution < -0.4 is 10.1 Å². The smallest absolute Gasteiger partial charge is 0.306 e. The largest absolute Gasteiger partial charge is 0.497 e. The lowest BCUT2D eigenvalue weighted by molar-refractivity contribution is -0.151. The van der Waals surface area contributed by atoms with Gasteiger partial charge >= 0.3 is 5.97 Å². The Hall–Kier alpha value is -2.57. The first-order valence-electron chi connectivity index (χ1n) is 10.3. The highest BCUT2D eigenvalue weighted by atomic mass is 16.5. The van der Waals surface area contributed by atoms with Crippen molar-refractivity contribution in [1.29, 1.82) is 0 Å². The van der Waals surface area contributed by atoms with Gasteiger partial charge in [-0.2, -0.15) is 0 Å². The second-order valence-electron chi connectivity index (χ2n) is 7.59. The van der Waals surface area contributed by atoms with Crippen LogP contribution in [-0.4, -0.2) is 50.0 Å². The van der Waals surface area contributed by atoms with Crippen LogP contribution in [0.15, 0.2) is 24.3 Å². The van der Waals surface area contributed by atoms with Crippen molar-refractivity contribution in [3.8, 4) is 5.75 Å². The van der Waals surface area contributed by atoms with E-state index in [1.54, 1.807) is 31.4 Å². The van der Waals surface area contributed by atoms with E-state index in [1.165, 1.54) is 44.1 Å². The average molecular weight is 405 g/mol. The second-order valence-corrected chi connectivity index (χ2v) is 7.59. The fraction of sp³-hybridized carbons (Fsp3) is 0.591. The monoisotopic (exact) mass is 404 g/mol. The van der Waals surface area contributed by atoms with Gasteiger partial charge in [0.25, 0.3) is 5.91 Å². The first-order valence-corrected chi connectivity index (χ1v) is 10.3. The van der Waals surface area contributed by atoms with E-state index in [9.17, 15) is 14.4 Å². The molecular formula is C22H32N2O5. The minimum absolute atomic E-state index is 0.130. The van der Waals surface area contributed by atoms with Crippen LogP contribution in [0.2, 0.25) is 0 Å². The Bertz CT molecular complexity index is 686. The predicted octanol–water partition coefficient (Wildman–Crippen LogP) is 3.39. The summed E-state index contributed by atoms with van der Waals surface area (Å²) in [5.41, 5.74) is 0.583. The van der Waals surface area contributed by atoms with Gasteiger partial charge in [-0.1, -0.05) is 38.2 Å². The molecule has 1 aromatic rings. The van der Waals surface area contributed by atoms with E-state index in [2.05, 4.69) is 5.32 Å². The van der Waals surface area contributed by atoms with Crippen molar-refractivity contribution in [3.63, 3.8) is 0 Å². The van der Waals surface area contributed by atoms with Gasteiger partial charge < -0.3 is 19.7 Å². The Balaban J connectivity index is 1.63. The van der Waals surface area contributed by atoms with Crippen LogP contribution in [0.3, 0.4) is 0 Å². The lowest BCUT2D eigenvalue weighted by atomic mass is 9.86. The van der Waals surface area contributed by atoms with Gasteiger partial charge in [-0.25, -0.2) is 0 Å². The van der Waals surface area contributed by atoms with Gasteiger partial charge in [0.05, 0.1) is 13.7 Å². The van der Waals surface area contributed by atoms with Crippen LogP contribution in [-0.2, 0) is 19.1 Å². The number of nitrogens with one attached hydrogen (secondary N) is 1. The molecule has 1 N–H and O–H groups in total. The van der Waals surface area contributed by atoms with Crippen LogP contribution in [0.1, 0.15) is 51.4 Å². The van der Waals surface area contributed by atoms with Gasteiger partial charge in [0.2, 0.25) is 5.91 Å². The Labute approximate surface area is 172 Å². The fourth-order valence-corrected chi connectivity index (χ4v) is 3.54. The van der Waals surface area contributed by atoms with Crippen molar-refractivity contribution >= 4 is 23.5 Å². The maximum absolute atomic E-state index is 12.1. The molecule has 0 aliphatic heterocycles. The molecule has 1 aliphatic carbocycles. The van der Waals surface area contributed by atoms with E-state index in [-0.39, 0.29) is 25.0 Å². The molecule has 0 heterocycles. The van der Waals surface area contributed by atoms with Gasteiger partial charge in [-0.3, -0.25) is 14.4 Å². The van der Waals surface area contributed by atoms with Crippen molar-refractivity contribution in [2.45, 2.75) is 51.4 Å². The number of methoxy groups -OCH3 is 1. The third-order valence-electron chi connectivity index (χ3n) is 5.23. The number of ether oxygens (including phenoxy) is 2. The Morgan fingerprint density at radius 2 is 1.93 bits per heavy atom. The van der Waals surface area contributed by atoms with E-state index >= 15 is 0 Å². The Morgan fingerprint density at radius 3 is 2.66 bits per heavy atom. The molecule has 1 fully saturated rings. The molecule has 0 unspecified atom stereocenters. The topological polar surface area (TPSA) is 84.9 Å². The third kappa shape index (κ3) is 8.54. The minimum atomic E-state index is -0.411. The van der Waals surface area contributed by atoms with Gasteiger partial charge in [0.1, 0.15) is 5.75 Å². The van der Waals surface area contributed by atoms with Gasteiger partial charge in [-0.05, 0) is 30.9 Å². The van der Waals surface area contributed by atoms with Crippen molar-refractivity contribution in [2.24, 2.45) is 5.92 Å². The number of carbonyl (C=O) groups excluding carboxylic acids is 3. The number of esters is 1. The summed E-state index contributed by atoms with van der Waals surface area (Å²) < 4.78 is 10.2. The third-order valence-corrected chi connectivity index (χ3v) is 5.23. The molecule has 1 aliphatic rings. The number of amides is 2. The first kappa shape index (κ1) is 22.7. The van der Waals surface area contributed by atoms with Crippen LogP contribution >= 0.6 is 0 Å². The predicted molar refractivity (Wildman–Crippen MR) is 111 cm³/mol. The second kappa shape index (κ2) is 12.1. The van der Waals surface area contributed by atoms with Crippen molar-refractivity contribution < 1.29 is 23.9 Å². The maximum atomic E-state index is 12.1. The van der Waals surface area contributed by atoms with Crippen molar-refractivity contribution in [3.05, 3.63) is 24.3 Å². The van der Waals surface area contributed by atoms with Crippen LogP contribution in [0.4, 0.5) is 5.69 Å². The van der Waals surface area contributed by atoms with Crippen LogP contribution in [0, 0.1) is 5.92 Å². The summed E-state index contributed by atoms with van der Waals surface area (Å²) in [5, 5.41) is 2.71. The molecule has 0 bridgehead atoms. The van der Waals surface area contributed by atoms with Crippen LogP contribution in [0.25, 0.3) is 0 Å². The standard InChI is InChI=1S/C22H32N2O5/c1-24(15-20(25)23-18-11-7-12-19(14-18)28-2)21(26)16-29-22(27)13-6-10-17-8-4-3-5-9-17/h7,11-12,14,17H,3-6,8-10,13,15-16H2,1-2H3,(H,23,25). The zero-order valence-electron chi connectivity index (χ0n) is 17.4. The number of hydrogen-bond donors (Lipinski definition) is 1. The molecule has 0 saturated heterocycles. The molecule has 7 nitrogen and oxygen atoms in total. The van der Waals surface area contributed by atoms with E-state index in [4.69, 9.17) is 9.47 Å². The van der Waals surface area contributed by atoms with Gasteiger partial charge in [0, 0.05) is 25.2 Å². The molecule has 0 radical (unpaired) electrons. The van der Waals surface area contributed by atoms with Gasteiger partial charge in [0.15, 0.2) is 6.61 Å². The van der Waals surface area contributed by atoms with Crippen LogP contribution in [0.5, 0.6) is 5.75 Å². The number of anilines is 1. The zero-order valence-corrected chi connectivity index (χ0v) is 17.4. The molecule has 0 spiro atoms. The Kier molecular flexibility index (Phi) is 9.47. The summed E-state index contributed by atoms with van der Waals surface area (Å²) >= 11 is 0. The number of hydrogen-bond acceptors (Lipinski definition) is 5. The van der Waals surface area contributed by atoms with Crippen molar-refractivity contribution in [1.82, 2.24) is 4.90 Å². The number of rotatable bonds is 10. The SMILES string of the molecule is COc1cccc(NC(=O)CN(C)C(=O)COC(=O)CCCC2CCCCC2)c1. The van der Waals surface area contributed by atoms with E-state index < -0.39 is 5.91 Å². The summed E-state index contributed by atoms with van der Waals surface area (Å²) in [5.74, 6) is 0.248. The molecule has 0 atom stereocenters. The summed E-state index contributed by atoms with van der Waals surface area (Å²) in [6.45, 7) is -0.472. The number of benzene rings is 1. The fourth-order valence-electron chi connectivity index (χ4n) is 3.54. The highest BCUT2D eigenvalue weighted by Crippen LogP contribution is 2.27. The van der Waals surface area contributed by atoms with E-state index in [1.807, 2.05) is 0 Å². The summed E-state index contributed by atoms with van der Waals surface area (Å²) in [4.78, 5) is 37.3. The highest BCUT2D eigenvalue weighted by molar-refractivity contribution is 5.94. The molecular weight excluding hydrogens is 372 g/mol. The first-order chi connectivity index (χ1) is 14.0. The van der Waals surface area contributed by atoms with E-state index in [0.29, 0.717) is 17.9 Å². The molecule has 1 saturated carbocycles. The normalized spacial score (nSPS) is 14.1. The molecule has 1 aromatic carbocycles. The molecule has 160 valence electrons.